The molecule has 1 N–H and O–H groups in total. The predicted octanol–water partition coefficient (Wildman–Crippen LogP) is 1.91. The number of ether oxygens (including phenoxy) is 1. The largest absolute Gasteiger partial charge is 0.393 e. The standard InChI is InChI=1S/C18H20FN5O2/c1-12(25)10-13-11-26-9-8-23(13)17-7-6-16-20-21-18(24(16)22-17)14-4-2-3-5-15(14)19/h2-7,12-13,25H,8-11H2,1H3. The Labute approximate surface area is 150 Å². The fraction of sp³-hybridized carbons (Fsp3) is 0.389. The maximum Gasteiger partial charge on any atom is 0.188 e. The van der Waals surface area contributed by atoms with Crippen LogP contribution in [0.1, 0.15) is 13.3 Å². The van der Waals surface area contributed by atoms with E-state index in [0.717, 1.165) is 5.82 Å². The number of morpholine rings is 1. The molecule has 1 fully saturated rings. The van der Waals surface area contributed by atoms with Gasteiger partial charge in [-0.2, -0.15) is 4.52 Å². The minimum absolute atomic E-state index is 0.0297. The molecule has 7 nitrogen and oxygen atoms in total. The molecular formula is C18H20FN5O2. The fourth-order valence-corrected chi connectivity index (χ4v) is 3.29. The Bertz CT molecular complexity index is 913. The zero-order valence-electron chi connectivity index (χ0n) is 14.4. The summed E-state index contributed by atoms with van der Waals surface area (Å²) < 4.78 is 21.3. The van der Waals surface area contributed by atoms with Crippen molar-refractivity contribution in [2.45, 2.75) is 25.5 Å². The molecule has 8 heteroatoms. The third kappa shape index (κ3) is 3.13. The quantitative estimate of drug-likeness (QED) is 0.769. The first-order chi connectivity index (χ1) is 12.6. The van der Waals surface area contributed by atoms with Crippen molar-refractivity contribution >= 4 is 11.5 Å². The molecule has 0 amide bonds. The van der Waals surface area contributed by atoms with Crippen LogP contribution >= 0.6 is 0 Å². The molecule has 1 aliphatic rings. The molecule has 2 aromatic heterocycles. The minimum Gasteiger partial charge on any atom is -0.393 e. The lowest BCUT2D eigenvalue weighted by Crippen LogP contribution is -2.47. The highest BCUT2D eigenvalue weighted by molar-refractivity contribution is 5.60. The zero-order chi connectivity index (χ0) is 18.1. The van der Waals surface area contributed by atoms with Crippen molar-refractivity contribution in [1.82, 2.24) is 19.8 Å². The van der Waals surface area contributed by atoms with E-state index in [4.69, 9.17) is 4.74 Å². The van der Waals surface area contributed by atoms with Crippen LogP contribution < -0.4 is 4.90 Å². The van der Waals surface area contributed by atoms with Gasteiger partial charge in [0.2, 0.25) is 0 Å². The highest BCUT2D eigenvalue weighted by Gasteiger charge is 2.26. The number of halogens is 1. The van der Waals surface area contributed by atoms with Crippen molar-refractivity contribution in [2.75, 3.05) is 24.7 Å². The maximum absolute atomic E-state index is 14.2. The van der Waals surface area contributed by atoms with Gasteiger partial charge in [-0.1, -0.05) is 12.1 Å². The average Bonchev–Trinajstić information content (AvgIpc) is 3.05. The first-order valence-corrected chi connectivity index (χ1v) is 8.63. The van der Waals surface area contributed by atoms with Crippen molar-refractivity contribution in [3.63, 3.8) is 0 Å². The highest BCUT2D eigenvalue weighted by atomic mass is 19.1. The van der Waals surface area contributed by atoms with Gasteiger partial charge in [0.15, 0.2) is 11.5 Å². The van der Waals surface area contributed by atoms with Crippen LogP contribution in [0.3, 0.4) is 0 Å². The monoisotopic (exact) mass is 357 g/mol. The van der Waals surface area contributed by atoms with E-state index in [1.54, 1.807) is 29.6 Å². The Kier molecular flexibility index (Phi) is 4.52. The number of benzene rings is 1. The molecule has 0 aliphatic carbocycles. The number of aliphatic hydroxyl groups excluding tert-OH is 1. The van der Waals surface area contributed by atoms with E-state index >= 15 is 0 Å². The fourth-order valence-electron chi connectivity index (χ4n) is 3.29. The number of fused-ring (bicyclic) bond motifs is 1. The van der Waals surface area contributed by atoms with Gasteiger partial charge in [-0.3, -0.25) is 0 Å². The van der Waals surface area contributed by atoms with Gasteiger partial charge >= 0.3 is 0 Å². The first kappa shape index (κ1) is 16.9. The molecule has 1 aliphatic heterocycles. The summed E-state index contributed by atoms with van der Waals surface area (Å²) in [5.41, 5.74) is 0.902. The summed E-state index contributed by atoms with van der Waals surface area (Å²) in [6.07, 6.45) is 0.152. The smallest absolute Gasteiger partial charge is 0.188 e. The number of hydrogen-bond acceptors (Lipinski definition) is 6. The SMILES string of the molecule is CC(O)CC1COCCN1c1ccc2nnc(-c3ccccc3F)n2n1. The second kappa shape index (κ2) is 6.97. The number of hydrogen-bond donors (Lipinski definition) is 1. The van der Waals surface area contributed by atoms with Crippen molar-refractivity contribution in [2.24, 2.45) is 0 Å². The predicted molar refractivity (Wildman–Crippen MR) is 94.4 cm³/mol. The maximum atomic E-state index is 14.2. The first-order valence-electron chi connectivity index (χ1n) is 8.63. The second-order valence-corrected chi connectivity index (χ2v) is 6.47. The summed E-state index contributed by atoms with van der Waals surface area (Å²) in [6, 6.07) is 10.2. The van der Waals surface area contributed by atoms with Crippen molar-refractivity contribution in [3.05, 3.63) is 42.2 Å². The van der Waals surface area contributed by atoms with Gasteiger partial charge < -0.3 is 14.7 Å². The number of anilines is 1. The van der Waals surface area contributed by atoms with E-state index in [1.807, 2.05) is 12.1 Å². The average molecular weight is 357 g/mol. The van der Waals surface area contributed by atoms with Crippen LogP contribution in [-0.4, -0.2) is 56.8 Å². The summed E-state index contributed by atoms with van der Waals surface area (Å²) in [5, 5.41) is 22.6. The summed E-state index contributed by atoms with van der Waals surface area (Å²) in [5.74, 6) is 0.719. The molecule has 0 spiro atoms. The summed E-state index contributed by atoms with van der Waals surface area (Å²) in [4.78, 5) is 2.11. The van der Waals surface area contributed by atoms with E-state index in [0.29, 0.717) is 43.2 Å². The molecule has 4 rings (SSSR count). The molecule has 0 bridgehead atoms. The van der Waals surface area contributed by atoms with Crippen molar-refractivity contribution in [1.29, 1.82) is 0 Å². The Balaban J connectivity index is 1.75. The van der Waals surface area contributed by atoms with Crippen LogP contribution in [0.4, 0.5) is 10.2 Å². The molecule has 1 aromatic carbocycles. The lowest BCUT2D eigenvalue weighted by atomic mass is 10.1. The minimum atomic E-state index is -0.434. The van der Waals surface area contributed by atoms with Gasteiger partial charge in [0.1, 0.15) is 11.6 Å². The lowest BCUT2D eigenvalue weighted by Gasteiger charge is -2.37. The topological polar surface area (TPSA) is 75.8 Å². The number of aliphatic hydroxyl groups is 1. The van der Waals surface area contributed by atoms with E-state index in [-0.39, 0.29) is 11.9 Å². The summed E-state index contributed by atoms with van der Waals surface area (Å²) in [6.45, 7) is 3.57. The molecule has 26 heavy (non-hydrogen) atoms. The van der Waals surface area contributed by atoms with Gasteiger partial charge in [0.25, 0.3) is 0 Å². The van der Waals surface area contributed by atoms with Crippen LogP contribution in [0.15, 0.2) is 36.4 Å². The number of aromatic nitrogens is 4. The van der Waals surface area contributed by atoms with E-state index in [1.165, 1.54) is 6.07 Å². The number of rotatable bonds is 4. The molecule has 2 unspecified atom stereocenters. The zero-order valence-corrected chi connectivity index (χ0v) is 14.4. The third-order valence-electron chi connectivity index (χ3n) is 4.50. The van der Waals surface area contributed by atoms with E-state index in [2.05, 4.69) is 20.2 Å². The highest BCUT2D eigenvalue weighted by Crippen LogP contribution is 2.24. The normalized spacial score (nSPS) is 19.0. The summed E-state index contributed by atoms with van der Waals surface area (Å²) >= 11 is 0. The molecule has 2 atom stereocenters. The van der Waals surface area contributed by atoms with Crippen LogP contribution in [0, 0.1) is 5.82 Å². The van der Waals surface area contributed by atoms with Crippen LogP contribution in [0.25, 0.3) is 17.0 Å². The van der Waals surface area contributed by atoms with Crippen molar-refractivity contribution in [3.8, 4) is 11.4 Å². The Morgan fingerprint density at radius 1 is 1.27 bits per heavy atom. The third-order valence-corrected chi connectivity index (χ3v) is 4.50. The van der Waals surface area contributed by atoms with Gasteiger partial charge in [-0.05, 0) is 37.6 Å². The molecule has 0 radical (unpaired) electrons. The molecular weight excluding hydrogens is 337 g/mol. The van der Waals surface area contributed by atoms with E-state index < -0.39 is 6.10 Å². The molecule has 3 aromatic rings. The number of nitrogens with zero attached hydrogens (tertiary/aromatic N) is 5. The van der Waals surface area contributed by atoms with E-state index in [9.17, 15) is 9.50 Å². The van der Waals surface area contributed by atoms with Crippen molar-refractivity contribution < 1.29 is 14.2 Å². The van der Waals surface area contributed by atoms with Crippen LogP contribution in [0.5, 0.6) is 0 Å². The Morgan fingerprint density at radius 2 is 2.12 bits per heavy atom. The Morgan fingerprint density at radius 3 is 2.92 bits per heavy atom. The Hall–Kier alpha value is -2.58. The van der Waals surface area contributed by atoms with Gasteiger partial charge in [-0.25, -0.2) is 4.39 Å². The van der Waals surface area contributed by atoms with Gasteiger partial charge in [0, 0.05) is 6.54 Å². The molecule has 136 valence electrons. The van der Waals surface area contributed by atoms with Crippen LogP contribution in [-0.2, 0) is 4.74 Å². The molecule has 0 saturated carbocycles. The lowest BCUT2D eigenvalue weighted by molar-refractivity contribution is 0.0717. The molecule has 3 heterocycles. The van der Waals surface area contributed by atoms with Gasteiger partial charge in [-0.15, -0.1) is 15.3 Å². The molecule has 1 saturated heterocycles. The van der Waals surface area contributed by atoms with Gasteiger partial charge in [0.05, 0.1) is 30.9 Å². The van der Waals surface area contributed by atoms with Crippen LogP contribution in [0.2, 0.25) is 0 Å². The summed E-state index contributed by atoms with van der Waals surface area (Å²) in [7, 11) is 0. The second-order valence-electron chi connectivity index (χ2n) is 6.47.